The SMILES string of the molecule is COc1ccc(NNC(=O)C2(c3cccc(Cl)c3)CC2)nc1. The molecule has 3 rings (SSSR count). The van der Waals surface area contributed by atoms with Gasteiger partial charge in [0.05, 0.1) is 18.7 Å². The second kappa shape index (κ2) is 5.85. The first-order chi connectivity index (χ1) is 10.6. The lowest BCUT2D eigenvalue weighted by Crippen LogP contribution is -2.38. The molecule has 0 spiro atoms. The average Bonchev–Trinajstić information content (AvgIpc) is 3.35. The molecule has 0 atom stereocenters. The number of pyridine rings is 1. The largest absolute Gasteiger partial charge is 0.495 e. The van der Waals surface area contributed by atoms with Gasteiger partial charge in [0.15, 0.2) is 0 Å². The minimum absolute atomic E-state index is 0.0765. The van der Waals surface area contributed by atoms with E-state index in [1.165, 1.54) is 0 Å². The van der Waals surface area contributed by atoms with Crippen LogP contribution in [0.15, 0.2) is 42.6 Å². The summed E-state index contributed by atoms with van der Waals surface area (Å²) < 4.78 is 5.04. The lowest BCUT2D eigenvalue weighted by molar-refractivity contribution is -0.123. The van der Waals surface area contributed by atoms with Gasteiger partial charge in [-0.1, -0.05) is 23.7 Å². The van der Waals surface area contributed by atoms with Crippen molar-refractivity contribution in [2.45, 2.75) is 18.3 Å². The van der Waals surface area contributed by atoms with E-state index in [4.69, 9.17) is 16.3 Å². The second-order valence-corrected chi connectivity index (χ2v) is 5.69. The minimum atomic E-state index is -0.482. The quantitative estimate of drug-likeness (QED) is 0.832. The molecule has 1 amide bonds. The van der Waals surface area contributed by atoms with Crippen molar-refractivity contribution >= 4 is 23.3 Å². The van der Waals surface area contributed by atoms with Crippen LogP contribution in [0, 0.1) is 0 Å². The van der Waals surface area contributed by atoms with E-state index in [1.54, 1.807) is 31.5 Å². The van der Waals surface area contributed by atoms with Crippen LogP contribution in [0.1, 0.15) is 18.4 Å². The number of amides is 1. The Morgan fingerprint density at radius 1 is 1.32 bits per heavy atom. The van der Waals surface area contributed by atoms with Crippen molar-refractivity contribution in [3.63, 3.8) is 0 Å². The fourth-order valence-electron chi connectivity index (χ4n) is 2.37. The van der Waals surface area contributed by atoms with E-state index < -0.39 is 5.41 Å². The number of methoxy groups -OCH3 is 1. The molecule has 0 saturated heterocycles. The summed E-state index contributed by atoms with van der Waals surface area (Å²) in [6.07, 6.45) is 3.21. The van der Waals surface area contributed by atoms with Crippen molar-refractivity contribution in [3.05, 3.63) is 53.2 Å². The number of benzene rings is 1. The number of carbonyl (C=O) groups is 1. The third-order valence-corrected chi connectivity index (χ3v) is 4.07. The van der Waals surface area contributed by atoms with Gasteiger partial charge in [0.25, 0.3) is 0 Å². The molecular formula is C16H16ClN3O2. The standard InChI is InChI=1S/C16H16ClN3O2/c1-22-13-5-6-14(18-10-13)19-20-15(21)16(7-8-16)11-3-2-4-12(17)9-11/h2-6,9-10H,7-8H2,1H3,(H,18,19)(H,20,21). The van der Waals surface area contributed by atoms with E-state index in [-0.39, 0.29) is 5.91 Å². The van der Waals surface area contributed by atoms with Gasteiger partial charge in [-0.25, -0.2) is 4.98 Å². The van der Waals surface area contributed by atoms with Crippen molar-refractivity contribution in [1.29, 1.82) is 0 Å². The lowest BCUT2D eigenvalue weighted by Gasteiger charge is -2.16. The molecule has 0 aliphatic heterocycles. The van der Waals surface area contributed by atoms with Crippen LogP contribution in [-0.4, -0.2) is 18.0 Å². The van der Waals surface area contributed by atoms with Gasteiger partial charge in [0.1, 0.15) is 11.6 Å². The molecule has 114 valence electrons. The highest BCUT2D eigenvalue weighted by Crippen LogP contribution is 2.48. The number of ether oxygens (including phenoxy) is 1. The van der Waals surface area contributed by atoms with E-state index in [1.807, 2.05) is 18.2 Å². The number of aromatic nitrogens is 1. The van der Waals surface area contributed by atoms with Crippen molar-refractivity contribution in [2.24, 2.45) is 0 Å². The zero-order valence-corrected chi connectivity index (χ0v) is 12.9. The topological polar surface area (TPSA) is 63.2 Å². The van der Waals surface area contributed by atoms with Gasteiger partial charge in [0, 0.05) is 5.02 Å². The van der Waals surface area contributed by atoms with Gasteiger partial charge in [-0.15, -0.1) is 0 Å². The van der Waals surface area contributed by atoms with Crippen LogP contribution < -0.4 is 15.6 Å². The smallest absolute Gasteiger partial charge is 0.248 e. The number of hydrogen-bond donors (Lipinski definition) is 2. The summed E-state index contributed by atoms with van der Waals surface area (Å²) >= 11 is 6.02. The fourth-order valence-corrected chi connectivity index (χ4v) is 2.56. The Morgan fingerprint density at radius 3 is 2.73 bits per heavy atom. The van der Waals surface area contributed by atoms with E-state index in [0.29, 0.717) is 16.6 Å². The second-order valence-electron chi connectivity index (χ2n) is 5.25. The first-order valence-corrected chi connectivity index (χ1v) is 7.34. The molecule has 1 aromatic carbocycles. The van der Waals surface area contributed by atoms with Gasteiger partial charge in [-0.05, 0) is 42.7 Å². The van der Waals surface area contributed by atoms with Crippen LogP contribution in [0.5, 0.6) is 5.75 Å². The maximum atomic E-state index is 12.5. The number of anilines is 1. The van der Waals surface area contributed by atoms with Crippen LogP contribution in [0.3, 0.4) is 0 Å². The zero-order chi connectivity index (χ0) is 15.6. The van der Waals surface area contributed by atoms with Gasteiger partial charge in [-0.3, -0.25) is 15.6 Å². The van der Waals surface area contributed by atoms with Crippen LogP contribution in [0.25, 0.3) is 0 Å². The molecule has 0 unspecified atom stereocenters. The maximum Gasteiger partial charge on any atom is 0.248 e. The van der Waals surface area contributed by atoms with Gasteiger partial charge in [0.2, 0.25) is 5.91 Å². The number of halogens is 1. The average molecular weight is 318 g/mol. The van der Waals surface area contributed by atoms with E-state index >= 15 is 0 Å². The predicted molar refractivity (Wildman–Crippen MR) is 84.9 cm³/mol. The van der Waals surface area contributed by atoms with Crippen LogP contribution in [0.2, 0.25) is 5.02 Å². The van der Waals surface area contributed by atoms with Gasteiger partial charge < -0.3 is 4.74 Å². The molecule has 0 bridgehead atoms. The van der Waals surface area contributed by atoms with Crippen molar-refractivity contribution in [2.75, 3.05) is 12.5 Å². The predicted octanol–water partition coefficient (Wildman–Crippen LogP) is 2.92. The number of hydrogen-bond acceptors (Lipinski definition) is 4. The lowest BCUT2D eigenvalue weighted by atomic mass is 9.95. The van der Waals surface area contributed by atoms with E-state index in [9.17, 15) is 4.79 Å². The molecular weight excluding hydrogens is 302 g/mol. The molecule has 1 aliphatic carbocycles. The highest BCUT2D eigenvalue weighted by atomic mass is 35.5. The highest BCUT2D eigenvalue weighted by molar-refractivity contribution is 6.30. The Morgan fingerprint density at radius 2 is 2.14 bits per heavy atom. The third kappa shape index (κ3) is 2.85. The Hall–Kier alpha value is -2.27. The molecule has 1 aromatic heterocycles. The molecule has 2 aromatic rings. The summed E-state index contributed by atoms with van der Waals surface area (Å²) in [7, 11) is 1.58. The molecule has 0 radical (unpaired) electrons. The fraction of sp³-hybridized carbons (Fsp3) is 0.250. The highest BCUT2D eigenvalue weighted by Gasteiger charge is 2.51. The molecule has 6 heteroatoms. The molecule has 2 N–H and O–H groups in total. The molecule has 22 heavy (non-hydrogen) atoms. The normalized spacial score (nSPS) is 15.0. The molecule has 1 heterocycles. The Kier molecular flexibility index (Phi) is 3.90. The van der Waals surface area contributed by atoms with Crippen LogP contribution in [-0.2, 0) is 10.2 Å². The third-order valence-electron chi connectivity index (χ3n) is 3.84. The van der Waals surface area contributed by atoms with Crippen molar-refractivity contribution in [1.82, 2.24) is 10.4 Å². The Labute approximate surface area is 133 Å². The summed E-state index contributed by atoms with van der Waals surface area (Å²) in [4.78, 5) is 16.6. The van der Waals surface area contributed by atoms with Gasteiger partial charge >= 0.3 is 0 Å². The Bertz CT molecular complexity index is 684. The Balaban J connectivity index is 1.66. The number of carbonyl (C=O) groups excluding carboxylic acids is 1. The number of nitrogens with zero attached hydrogens (tertiary/aromatic N) is 1. The first kappa shape index (κ1) is 14.7. The number of nitrogens with one attached hydrogen (secondary N) is 2. The summed E-state index contributed by atoms with van der Waals surface area (Å²) in [5.41, 5.74) is 6.01. The van der Waals surface area contributed by atoms with E-state index in [2.05, 4.69) is 15.8 Å². The number of rotatable bonds is 5. The maximum absolute atomic E-state index is 12.5. The summed E-state index contributed by atoms with van der Waals surface area (Å²) in [5.74, 6) is 1.14. The summed E-state index contributed by atoms with van der Waals surface area (Å²) in [5, 5.41) is 0.640. The summed E-state index contributed by atoms with van der Waals surface area (Å²) in [6, 6.07) is 11.0. The van der Waals surface area contributed by atoms with Crippen molar-refractivity contribution in [3.8, 4) is 5.75 Å². The molecule has 1 aliphatic rings. The number of hydrazine groups is 1. The van der Waals surface area contributed by atoms with Crippen LogP contribution in [0.4, 0.5) is 5.82 Å². The minimum Gasteiger partial charge on any atom is -0.495 e. The molecule has 5 nitrogen and oxygen atoms in total. The summed E-state index contributed by atoms with van der Waals surface area (Å²) in [6.45, 7) is 0. The first-order valence-electron chi connectivity index (χ1n) is 6.97. The monoisotopic (exact) mass is 317 g/mol. The van der Waals surface area contributed by atoms with Crippen molar-refractivity contribution < 1.29 is 9.53 Å². The molecule has 1 saturated carbocycles. The van der Waals surface area contributed by atoms with Crippen LogP contribution >= 0.6 is 11.6 Å². The van der Waals surface area contributed by atoms with E-state index in [0.717, 1.165) is 18.4 Å². The zero-order valence-electron chi connectivity index (χ0n) is 12.1. The van der Waals surface area contributed by atoms with Gasteiger partial charge in [-0.2, -0.15) is 0 Å². The molecule has 1 fully saturated rings.